The number of hydrogen-bond acceptors (Lipinski definition) is 2. The molecule has 1 aromatic heterocycles. The molecule has 132 valence electrons. The van der Waals surface area contributed by atoms with Crippen molar-refractivity contribution in [1.29, 1.82) is 0 Å². The van der Waals surface area contributed by atoms with Crippen molar-refractivity contribution in [2.24, 2.45) is 0 Å². The summed E-state index contributed by atoms with van der Waals surface area (Å²) in [5, 5.41) is 0. The number of rotatable bonds is 7. The molecule has 25 heavy (non-hydrogen) atoms. The first kappa shape index (κ1) is 17.7. The Morgan fingerprint density at radius 1 is 1.04 bits per heavy atom. The number of aromatic nitrogens is 1. The van der Waals surface area contributed by atoms with Crippen LogP contribution in [0.25, 0.3) is 0 Å². The smallest absolute Gasteiger partial charge is 0.132 e. The zero-order valence-corrected chi connectivity index (χ0v) is 15.5. The second kappa shape index (κ2) is 8.84. The second-order valence-corrected chi connectivity index (χ2v) is 7.09. The fraction of sp³-hybridized carbons (Fsp3) is 0.435. The van der Waals surface area contributed by atoms with E-state index in [1.54, 1.807) is 0 Å². The van der Waals surface area contributed by atoms with Gasteiger partial charge in [-0.2, -0.15) is 0 Å². The van der Waals surface area contributed by atoms with Crippen LogP contribution < -0.4 is 4.90 Å². The quantitative estimate of drug-likeness (QED) is 0.624. The molecule has 0 bridgehead atoms. The van der Waals surface area contributed by atoms with Crippen molar-refractivity contribution in [1.82, 2.24) is 4.98 Å². The van der Waals surface area contributed by atoms with Gasteiger partial charge >= 0.3 is 0 Å². The molecule has 0 unspecified atom stereocenters. The Kier molecular flexibility index (Phi) is 6.27. The summed E-state index contributed by atoms with van der Waals surface area (Å²) in [6.45, 7) is 6.64. The van der Waals surface area contributed by atoms with Crippen molar-refractivity contribution in [2.45, 2.75) is 64.3 Å². The Bertz CT molecular complexity index is 654. The van der Waals surface area contributed by atoms with Gasteiger partial charge in [0.15, 0.2) is 0 Å². The molecule has 2 nitrogen and oxygen atoms in total. The predicted octanol–water partition coefficient (Wildman–Crippen LogP) is 5.93. The third kappa shape index (κ3) is 4.72. The summed E-state index contributed by atoms with van der Waals surface area (Å²) in [7, 11) is 0. The fourth-order valence-electron chi connectivity index (χ4n) is 3.79. The highest BCUT2D eigenvalue weighted by Gasteiger charge is 2.24. The number of anilines is 1. The summed E-state index contributed by atoms with van der Waals surface area (Å²) < 4.78 is 0. The summed E-state index contributed by atoms with van der Waals surface area (Å²) in [6, 6.07) is 15.8. The van der Waals surface area contributed by atoms with Crippen molar-refractivity contribution in [3.05, 3.63) is 72.1 Å². The molecule has 1 fully saturated rings. The second-order valence-electron chi connectivity index (χ2n) is 7.09. The molecule has 0 N–H and O–H groups in total. The van der Waals surface area contributed by atoms with Crippen LogP contribution in [0.3, 0.4) is 0 Å². The number of hydrogen-bond donors (Lipinski definition) is 0. The predicted molar refractivity (Wildman–Crippen MR) is 107 cm³/mol. The monoisotopic (exact) mass is 334 g/mol. The van der Waals surface area contributed by atoms with Gasteiger partial charge in [-0.25, -0.2) is 4.98 Å². The summed E-state index contributed by atoms with van der Waals surface area (Å²) in [5.41, 5.74) is 3.99. The van der Waals surface area contributed by atoms with Crippen molar-refractivity contribution in [2.75, 3.05) is 4.90 Å². The lowest BCUT2D eigenvalue weighted by molar-refractivity contribution is 0.425. The van der Waals surface area contributed by atoms with Crippen LogP contribution >= 0.6 is 0 Å². The SMILES string of the molecule is C=C(CCc1ccc(CC)cc1)N(c1ccccn1)C1CCCCC1. The van der Waals surface area contributed by atoms with Gasteiger partial charge in [-0.15, -0.1) is 0 Å². The molecule has 1 saturated carbocycles. The van der Waals surface area contributed by atoms with Crippen molar-refractivity contribution in [3.63, 3.8) is 0 Å². The molecule has 0 amide bonds. The lowest BCUT2D eigenvalue weighted by Gasteiger charge is -2.36. The average molecular weight is 335 g/mol. The van der Waals surface area contributed by atoms with Gasteiger partial charge in [-0.05, 0) is 55.4 Å². The van der Waals surface area contributed by atoms with Gasteiger partial charge < -0.3 is 4.90 Å². The number of pyridine rings is 1. The van der Waals surface area contributed by atoms with E-state index in [1.165, 1.54) is 48.9 Å². The molecule has 1 aliphatic rings. The molecule has 1 heterocycles. The van der Waals surface area contributed by atoms with E-state index in [-0.39, 0.29) is 0 Å². The third-order valence-electron chi connectivity index (χ3n) is 5.31. The number of allylic oxidation sites excluding steroid dienone is 1. The van der Waals surface area contributed by atoms with Crippen LogP contribution in [0.5, 0.6) is 0 Å². The Hall–Kier alpha value is -2.09. The van der Waals surface area contributed by atoms with Crippen LogP contribution in [0.4, 0.5) is 5.82 Å². The van der Waals surface area contributed by atoms with Gasteiger partial charge in [0.05, 0.1) is 0 Å². The van der Waals surface area contributed by atoms with Crippen LogP contribution in [0, 0.1) is 0 Å². The van der Waals surface area contributed by atoms with Crippen LogP contribution in [0.1, 0.15) is 56.6 Å². The number of nitrogens with zero attached hydrogens (tertiary/aromatic N) is 2. The minimum absolute atomic E-state index is 0.554. The molecule has 3 rings (SSSR count). The highest BCUT2D eigenvalue weighted by molar-refractivity contribution is 5.46. The minimum atomic E-state index is 0.554. The van der Waals surface area contributed by atoms with E-state index in [0.717, 1.165) is 25.1 Å². The third-order valence-corrected chi connectivity index (χ3v) is 5.31. The van der Waals surface area contributed by atoms with Crippen molar-refractivity contribution in [3.8, 4) is 0 Å². The van der Waals surface area contributed by atoms with E-state index in [9.17, 15) is 0 Å². The van der Waals surface area contributed by atoms with Gasteiger partial charge in [0.25, 0.3) is 0 Å². The van der Waals surface area contributed by atoms with Crippen LogP contribution in [-0.4, -0.2) is 11.0 Å². The largest absolute Gasteiger partial charge is 0.328 e. The van der Waals surface area contributed by atoms with Crippen molar-refractivity contribution >= 4 is 5.82 Å². The minimum Gasteiger partial charge on any atom is -0.328 e. The number of aryl methyl sites for hydroxylation is 2. The summed E-state index contributed by atoms with van der Waals surface area (Å²) in [4.78, 5) is 7.03. The number of benzene rings is 1. The molecule has 0 spiro atoms. The molecule has 1 aliphatic carbocycles. The normalized spacial score (nSPS) is 15.1. The summed E-state index contributed by atoms with van der Waals surface area (Å²) in [5.74, 6) is 1.06. The van der Waals surface area contributed by atoms with E-state index in [2.05, 4.69) is 59.8 Å². The lowest BCUT2D eigenvalue weighted by Crippen LogP contribution is -2.36. The van der Waals surface area contributed by atoms with Crippen LogP contribution in [-0.2, 0) is 12.8 Å². The van der Waals surface area contributed by atoms with Gasteiger partial charge in [-0.1, -0.05) is 63.1 Å². The maximum Gasteiger partial charge on any atom is 0.132 e. The topological polar surface area (TPSA) is 16.1 Å². The molecular formula is C23H30N2. The van der Waals surface area contributed by atoms with Gasteiger partial charge in [0, 0.05) is 17.9 Å². The van der Waals surface area contributed by atoms with E-state index in [1.807, 2.05) is 12.3 Å². The Balaban J connectivity index is 1.69. The Labute approximate surface area is 152 Å². The molecule has 1 aromatic carbocycles. The summed E-state index contributed by atoms with van der Waals surface area (Å²) >= 11 is 0. The molecule has 0 aliphatic heterocycles. The van der Waals surface area contributed by atoms with Crippen LogP contribution in [0.15, 0.2) is 60.9 Å². The molecule has 2 heteroatoms. The molecule has 2 aromatic rings. The van der Waals surface area contributed by atoms with Gasteiger partial charge in [0.2, 0.25) is 0 Å². The Morgan fingerprint density at radius 2 is 1.76 bits per heavy atom. The lowest BCUT2D eigenvalue weighted by atomic mass is 9.93. The maximum absolute atomic E-state index is 4.62. The highest BCUT2D eigenvalue weighted by Crippen LogP contribution is 2.30. The molecular weight excluding hydrogens is 304 g/mol. The van der Waals surface area contributed by atoms with E-state index in [4.69, 9.17) is 0 Å². The Morgan fingerprint density at radius 3 is 2.40 bits per heavy atom. The zero-order chi connectivity index (χ0) is 17.5. The average Bonchev–Trinajstić information content (AvgIpc) is 2.69. The first-order chi connectivity index (χ1) is 12.3. The van der Waals surface area contributed by atoms with Gasteiger partial charge in [-0.3, -0.25) is 0 Å². The van der Waals surface area contributed by atoms with E-state index in [0.29, 0.717) is 6.04 Å². The first-order valence-electron chi connectivity index (χ1n) is 9.74. The van der Waals surface area contributed by atoms with Gasteiger partial charge in [0.1, 0.15) is 5.82 Å². The van der Waals surface area contributed by atoms with E-state index >= 15 is 0 Å². The highest BCUT2D eigenvalue weighted by atomic mass is 15.2. The standard InChI is InChI=1S/C23H30N2/c1-3-20-14-16-21(17-15-20)13-12-19(2)25(22-9-5-4-6-10-22)23-11-7-8-18-24-23/h7-8,11,14-18,22H,2-6,9-10,12-13H2,1H3. The fourth-order valence-corrected chi connectivity index (χ4v) is 3.79. The first-order valence-corrected chi connectivity index (χ1v) is 9.74. The molecule has 0 atom stereocenters. The van der Waals surface area contributed by atoms with E-state index < -0.39 is 0 Å². The van der Waals surface area contributed by atoms with Crippen molar-refractivity contribution < 1.29 is 0 Å². The molecule has 0 saturated heterocycles. The zero-order valence-electron chi connectivity index (χ0n) is 15.5. The van der Waals surface area contributed by atoms with Crippen LogP contribution in [0.2, 0.25) is 0 Å². The molecule has 0 radical (unpaired) electrons. The summed E-state index contributed by atoms with van der Waals surface area (Å²) in [6.07, 6.45) is 11.5. The maximum atomic E-state index is 4.62.